The minimum Gasteiger partial charge on any atom is -0.340 e. The summed E-state index contributed by atoms with van der Waals surface area (Å²) in [6.45, 7) is 4.69. The number of fused-ring (bicyclic) bond motifs is 2. The highest BCUT2D eigenvalue weighted by Crippen LogP contribution is 2.24. The Morgan fingerprint density at radius 2 is 2.05 bits per heavy atom. The molecule has 0 radical (unpaired) electrons. The summed E-state index contributed by atoms with van der Waals surface area (Å²) in [4.78, 5) is 13.3. The molecule has 3 heterocycles. The van der Waals surface area contributed by atoms with Crippen molar-refractivity contribution in [2.45, 2.75) is 25.3 Å². The Morgan fingerprint density at radius 1 is 1.11 bits per heavy atom. The average molecular weight is 256 g/mol. The predicted octanol–water partition coefficient (Wildman–Crippen LogP) is 2.24. The standard InChI is InChI=1S/C15H20N4/c1-2-7-14-13(6-1)16-15(17-14)19-10-9-18-8-4-3-5-12(18)11-19/h1-2,6-7,12H,3-5,8-11H2,(H,16,17). The van der Waals surface area contributed by atoms with Crippen LogP contribution in [0.5, 0.6) is 0 Å². The normalized spacial score (nSPS) is 24.6. The summed E-state index contributed by atoms with van der Waals surface area (Å²) >= 11 is 0. The number of piperidine rings is 1. The van der Waals surface area contributed by atoms with Gasteiger partial charge in [-0.25, -0.2) is 4.98 Å². The third-order valence-electron chi connectivity index (χ3n) is 4.51. The Labute approximate surface area is 113 Å². The van der Waals surface area contributed by atoms with Gasteiger partial charge in [0.05, 0.1) is 11.0 Å². The lowest BCUT2D eigenvalue weighted by Gasteiger charge is -2.43. The van der Waals surface area contributed by atoms with Crippen LogP contribution in [0.1, 0.15) is 19.3 Å². The summed E-state index contributed by atoms with van der Waals surface area (Å²) in [5.74, 6) is 1.05. The van der Waals surface area contributed by atoms with Crippen LogP contribution in [0.3, 0.4) is 0 Å². The van der Waals surface area contributed by atoms with Crippen LogP contribution in [0.25, 0.3) is 11.0 Å². The van der Waals surface area contributed by atoms with Crippen molar-refractivity contribution in [3.05, 3.63) is 24.3 Å². The average Bonchev–Trinajstić information content (AvgIpc) is 2.90. The number of benzene rings is 1. The van der Waals surface area contributed by atoms with E-state index in [1.54, 1.807) is 0 Å². The van der Waals surface area contributed by atoms with Gasteiger partial charge in [-0.2, -0.15) is 0 Å². The van der Waals surface area contributed by atoms with E-state index in [2.05, 4.69) is 33.0 Å². The highest BCUT2D eigenvalue weighted by Gasteiger charge is 2.29. The third-order valence-corrected chi connectivity index (χ3v) is 4.51. The molecule has 0 saturated carbocycles. The second kappa shape index (κ2) is 4.53. The zero-order chi connectivity index (χ0) is 12.7. The fraction of sp³-hybridized carbons (Fsp3) is 0.533. The van der Waals surface area contributed by atoms with E-state index in [1.165, 1.54) is 32.4 Å². The summed E-state index contributed by atoms with van der Waals surface area (Å²) < 4.78 is 0. The van der Waals surface area contributed by atoms with E-state index in [4.69, 9.17) is 4.98 Å². The topological polar surface area (TPSA) is 35.2 Å². The van der Waals surface area contributed by atoms with E-state index >= 15 is 0 Å². The molecular weight excluding hydrogens is 236 g/mol. The Kier molecular flexibility index (Phi) is 2.69. The molecule has 1 N–H and O–H groups in total. The molecule has 0 aliphatic carbocycles. The van der Waals surface area contributed by atoms with Crippen LogP contribution in [0, 0.1) is 0 Å². The van der Waals surface area contributed by atoms with Crippen molar-refractivity contribution < 1.29 is 0 Å². The monoisotopic (exact) mass is 256 g/mol. The van der Waals surface area contributed by atoms with Gasteiger partial charge in [-0.15, -0.1) is 0 Å². The molecule has 0 amide bonds. The number of hydrogen-bond acceptors (Lipinski definition) is 3. The lowest BCUT2D eigenvalue weighted by Crippen LogP contribution is -2.55. The molecule has 100 valence electrons. The second-order valence-electron chi connectivity index (χ2n) is 5.71. The molecule has 4 rings (SSSR count). The fourth-order valence-electron chi connectivity index (χ4n) is 3.44. The van der Waals surface area contributed by atoms with Gasteiger partial charge in [-0.3, -0.25) is 4.90 Å². The maximum Gasteiger partial charge on any atom is 0.203 e. The molecule has 19 heavy (non-hydrogen) atoms. The van der Waals surface area contributed by atoms with Gasteiger partial charge in [0.2, 0.25) is 5.95 Å². The van der Waals surface area contributed by atoms with Crippen LogP contribution in [0.2, 0.25) is 0 Å². The van der Waals surface area contributed by atoms with Crippen LogP contribution in [-0.4, -0.2) is 47.1 Å². The number of aromatic amines is 1. The van der Waals surface area contributed by atoms with E-state index in [9.17, 15) is 0 Å². The van der Waals surface area contributed by atoms with Crippen molar-refractivity contribution in [1.29, 1.82) is 0 Å². The molecule has 1 atom stereocenters. The Hall–Kier alpha value is -1.55. The van der Waals surface area contributed by atoms with E-state index in [1.807, 2.05) is 6.07 Å². The zero-order valence-corrected chi connectivity index (χ0v) is 11.2. The smallest absolute Gasteiger partial charge is 0.203 e. The van der Waals surface area contributed by atoms with Crippen molar-refractivity contribution >= 4 is 17.0 Å². The van der Waals surface area contributed by atoms with E-state index in [0.29, 0.717) is 0 Å². The zero-order valence-electron chi connectivity index (χ0n) is 11.2. The first-order chi connectivity index (χ1) is 9.40. The Balaban J connectivity index is 1.58. The number of piperazine rings is 1. The van der Waals surface area contributed by atoms with Crippen LogP contribution in [0.15, 0.2) is 24.3 Å². The van der Waals surface area contributed by atoms with Gasteiger partial charge in [0.25, 0.3) is 0 Å². The largest absolute Gasteiger partial charge is 0.340 e. The maximum absolute atomic E-state index is 4.73. The molecule has 2 aliphatic rings. The van der Waals surface area contributed by atoms with Crippen molar-refractivity contribution in [3.8, 4) is 0 Å². The number of anilines is 1. The summed E-state index contributed by atoms with van der Waals surface area (Å²) in [7, 11) is 0. The van der Waals surface area contributed by atoms with Crippen LogP contribution < -0.4 is 4.90 Å². The predicted molar refractivity (Wildman–Crippen MR) is 77.5 cm³/mol. The Bertz CT molecular complexity index is 543. The number of nitrogens with one attached hydrogen (secondary N) is 1. The minimum atomic E-state index is 0.732. The first kappa shape index (κ1) is 11.3. The van der Waals surface area contributed by atoms with Crippen LogP contribution in [0.4, 0.5) is 5.95 Å². The number of H-pyrrole nitrogens is 1. The molecule has 4 nitrogen and oxygen atoms in total. The summed E-state index contributed by atoms with van der Waals surface area (Å²) in [5, 5.41) is 0. The fourth-order valence-corrected chi connectivity index (χ4v) is 3.44. The molecule has 4 heteroatoms. The summed E-state index contributed by atoms with van der Waals surface area (Å²) in [6.07, 6.45) is 4.10. The third kappa shape index (κ3) is 2.00. The summed E-state index contributed by atoms with van der Waals surface area (Å²) in [6, 6.07) is 9.01. The molecule has 2 aliphatic heterocycles. The molecule has 2 fully saturated rings. The molecule has 1 unspecified atom stereocenters. The molecular formula is C15H20N4. The maximum atomic E-state index is 4.73. The summed E-state index contributed by atoms with van der Waals surface area (Å²) in [5.41, 5.74) is 2.21. The van der Waals surface area contributed by atoms with E-state index in [-0.39, 0.29) is 0 Å². The van der Waals surface area contributed by atoms with Gasteiger partial charge in [0.15, 0.2) is 0 Å². The van der Waals surface area contributed by atoms with E-state index < -0.39 is 0 Å². The van der Waals surface area contributed by atoms with Gasteiger partial charge < -0.3 is 9.88 Å². The first-order valence-corrected chi connectivity index (χ1v) is 7.34. The minimum absolute atomic E-state index is 0.732. The SMILES string of the molecule is c1ccc2[nH]c(N3CCN4CCCCC4C3)nc2c1. The second-order valence-corrected chi connectivity index (χ2v) is 5.71. The first-order valence-electron chi connectivity index (χ1n) is 7.34. The number of aromatic nitrogens is 2. The number of imidazole rings is 1. The molecule has 2 aromatic rings. The number of hydrogen-bond donors (Lipinski definition) is 1. The Morgan fingerprint density at radius 3 is 3.00 bits per heavy atom. The number of rotatable bonds is 1. The highest BCUT2D eigenvalue weighted by molar-refractivity contribution is 5.77. The van der Waals surface area contributed by atoms with Gasteiger partial charge in [0.1, 0.15) is 0 Å². The molecule has 0 bridgehead atoms. The molecule has 1 aromatic heterocycles. The number of nitrogens with zero attached hydrogens (tertiary/aromatic N) is 3. The van der Waals surface area contributed by atoms with Crippen molar-refractivity contribution in [3.63, 3.8) is 0 Å². The van der Waals surface area contributed by atoms with Gasteiger partial charge in [0, 0.05) is 25.7 Å². The van der Waals surface area contributed by atoms with Gasteiger partial charge >= 0.3 is 0 Å². The lowest BCUT2D eigenvalue weighted by atomic mass is 10.00. The van der Waals surface area contributed by atoms with Crippen molar-refractivity contribution in [2.24, 2.45) is 0 Å². The lowest BCUT2D eigenvalue weighted by molar-refractivity contribution is 0.133. The molecule has 1 aromatic carbocycles. The number of para-hydroxylation sites is 2. The van der Waals surface area contributed by atoms with Crippen LogP contribution >= 0.6 is 0 Å². The van der Waals surface area contributed by atoms with Gasteiger partial charge in [-0.05, 0) is 31.5 Å². The molecule has 2 saturated heterocycles. The van der Waals surface area contributed by atoms with Gasteiger partial charge in [-0.1, -0.05) is 18.6 Å². The quantitative estimate of drug-likeness (QED) is 0.850. The van der Waals surface area contributed by atoms with Crippen molar-refractivity contribution in [2.75, 3.05) is 31.1 Å². The molecule has 0 spiro atoms. The van der Waals surface area contributed by atoms with Crippen LogP contribution in [-0.2, 0) is 0 Å². The highest BCUT2D eigenvalue weighted by atomic mass is 15.3. The van der Waals surface area contributed by atoms with E-state index in [0.717, 1.165) is 36.1 Å². The van der Waals surface area contributed by atoms with Crippen molar-refractivity contribution in [1.82, 2.24) is 14.9 Å².